The molecule has 1 aliphatic rings. The van der Waals surface area contributed by atoms with E-state index in [1.165, 1.54) is 12.8 Å². The molecule has 0 aromatic heterocycles. The second-order valence-electron chi connectivity index (χ2n) is 4.91. The normalized spacial score (nSPS) is 15.6. The van der Waals surface area contributed by atoms with Gasteiger partial charge in [0, 0.05) is 18.0 Å². The van der Waals surface area contributed by atoms with Crippen LogP contribution < -0.4 is 5.32 Å². The number of amides is 1. The third kappa shape index (κ3) is 4.88. The van der Waals surface area contributed by atoms with E-state index in [9.17, 15) is 4.79 Å². The highest BCUT2D eigenvalue weighted by atomic mass is 32.2. The van der Waals surface area contributed by atoms with Gasteiger partial charge in [-0.1, -0.05) is 25.0 Å². The predicted molar refractivity (Wildman–Crippen MR) is 78.3 cm³/mol. The summed E-state index contributed by atoms with van der Waals surface area (Å²) in [5.74, 6) is 0.651. The summed E-state index contributed by atoms with van der Waals surface area (Å²) in [4.78, 5) is 12.9. The van der Waals surface area contributed by atoms with Crippen LogP contribution in [-0.4, -0.2) is 24.8 Å². The molecule has 0 spiro atoms. The fraction of sp³-hybridized carbons (Fsp3) is 0.533. The molecule has 2 rings (SSSR count). The summed E-state index contributed by atoms with van der Waals surface area (Å²) in [6.07, 6.45) is 4.78. The molecule has 0 bridgehead atoms. The third-order valence-corrected chi connectivity index (χ3v) is 4.34. The molecular formula is C15H21NO2S. The Kier molecular flexibility index (Phi) is 5.73. The summed E-state index contributed by atoms with van der Waals surface area (Å²) >= 11 is 1.59. The van der Waals surface area contributed by atoms with Crippen molar-refractivity contribution in [1.82, 2.24) is 5.32 Å². The van der Waals surface area contributed by atoms with Gasteiger partial charge in [0.05, 0.1) is 12.4 Å². The second-order valence-corrected chi connectivity index (χ2v) is 5.96. The number of methoxy groups -OCH3 is 1. The third-order valence-electron chi connectivity index (χ3n) is 3.32. The van der Waals surface area contributed by atoms with Crippen molar-refractivity contribution in [3.63, 3.8) is 0 Å². The van der Waals surface area contributed by atoms with Crippen LogP contribution >= 0.6 is 11.8 Å². The number of benzene rings is 1. The van der Waals surface area contributed by atoms with Gasteiger partial charge < -0.3 is 10.1 Å². The van der Waals surface area contributed by atoms with Gasteiger partial charge in [-0.15, -0.1) is 11.8 Å². The Bertz CT molecular complexity index is 399. The molecule has 4 heteroatoms. The van der Waals surface area contributed by atoms with E-state index >= 15 is 0 Å². The van der Waals surface area contributed by atoms with Gasteiger partial charge in [-0.25, -0.2) is 0 Å². The van der Waals surface area contributed by atoms with Crippen molar-refractivity contribution in [2.45, 2.75) is 43.2 Å². The predicted octanol–water partition coefficient (Wildman–Crippen LogP) is 2.98. The Morgan fingerprint density at radius 2 is 2.00 bits per heavy atom. The minimum atomic E-state index is 0.151. The van der Waals surface area contributed by atoms with Gasteiger partial charge in [0.25, 0.3) is 0 Å². The standard InChI is InChI=1S/C15H21NO2S/c1-18-10-12-6-8-14(9-7-12)19-11-15(17)16-13-4-2-3-5-13/h6-9,13H,2-5,10-11H2,1H3,(H,16,17). The molecule has 1 saturated carbocycles. The van der Waals surface area contributed by atoms with Gasteiger partial charge in [-0.05, 0) is 30.5 Å². The van der Waals surface area contributed by atoms with Gasteiger partial charge in [0.15, 0.2) is 0 Å². The summed E-state index contributed by atoms with van der Waals surface area (Å²) in [5, 5.41) is 3.10. The first-order chi connectivity index (χ1) is 9.28. The highest BCUT2D eigenvalue weighted by Crippen LogP contribution is 2.20. The Hall–Kier alpha value is -1.00. The first-order valence-corrected chi connectivity index (χ1v) is 7.76. The first kappa shape index (κ1) is 14.4. The molecule has 3 nitrogen and oxygen atoms in total. The molecule has 0 atom stereocenters. The number of ether oxygens (including phenoxy) is 1. The molecule has 1 aromatic rings. The maximum atomic E-state index is 11.8. The SMILES string of the molecule is COCc1ccc(SCC(=O)NC2CCCC2)cc1. The zero-order valence-electron chi connectivity index (χ0n) is 11.4. The van der Waals surface area contributed by atoms with Gasteiger partial charge in [-0.3, -0.25) is 4.79 Å². The molecule has 0 radical (unpaired) electrons. The van der Waals surface area contributed by atoms with Crippen molar-refractivity contribution in [1.29, 1.82) is 0 Å². The molecule has 19 heavy (non-hydrogen) atoms. The number of thioether (sulfide) groups is 1. The largest absolute Gasteiger partial charge is 0.380 e. The van der Waals surface area contributed by atoms with E-state index in [-0.39, 0.29) is 5.91 Å². The minimum Gasteiger partial charge on any atom is -0.380 e. The summed E-state index contributed by atoms with van der Waals surface area (Å²) in [6, 6.07) is 8.59. The first-order valence-electron chi connectivity index (χ1n) is 6.78. The number of carbonyl (C=O) groups is 1. The van der Waals surface area contributed by atoms with Crippen LogP contribution in [0.25, 0.3) is 0 Å². The lowest BCUT2D eigenvalue weighted by Crippen LogP contribution is -2.33. The fourth-order valence-electron chi connectivity index (χ4n) is 2.34. The van der Waals surface area contributed by atoms with Crippen LogP contribution in [0.1, 0.15) is 31.2 Å². The van der Waals surface area contributed by atoms with E-state index in [4.69, 9.17) is 4.74 Å². The molecule has 0 aliphatic heterocycles. The van der Waals surface area contributed by atoms with Crippen molar-refractivity contribution in [3.8, 4) is 0 Å². The van der Waals surface area contributed by atoms with E-state index in [0.29, 0.717) is 18.4 Å². The van der Waals surface area contributed by atoms with E-state index in [1.54, 1.807) is 18.9 Å². The zero-order chi connectivity index (χ0) is 13.5. The van der Waals surface area contributed by atoms with Crippen LogP contribution in [0.3, 0.4) is 0 Å². The molecule has 1 N–H and O–H groups in total. The molecule has 104 valence electrons. The maximum absolute atomic E-state index is 11.8. The summed E-state index contributed by atoms with van der Waals surface area (Å²) in [7, 11) is 1.69. The van der Waals surface area contributed by atoms with Crippen molar-refractivity contribution < 1.29 is 9.53 Å². The van der Waals surface area contributed by atoms with Gasteiger partial charge in [-0.2, -0.15) is 0 Å². The van der Waals surface area contributed by atoms with Crippen molar-refractivity contribution in [2.75, 3.05) is 12.9 Å². The summed E-state index contributed by atoms with van der Waals surface area (Å²) in [6.45, 7) is 0.632. The molecule has 1 amide bonds. The van der Waals surface area contributed by atoms with Crippen LogP contribution in [-0.2, 0) is 16.1 Å². The highest BCUT2D eigenvalue weighted by molar-refractivity contribution is 8.00. The number of carbonyl (C=O) groups excluding carboxylic acids is 1. The van der Waals surface area contributed by atoms with Gasteiger partial charge in [0.2, 0.25) is 5.91 Å². The van der Waals surface area contributed by atoms with Crippen molar-refractivity contribution >= 4 is 17.7 Å². The summed E-state index contributed by atoms with van der Waals surface area (Å²) < 4.78 is 5.07. The number of hydrogen-bond donors (Lipinski definition) is 1. The van der Waals surface area contributed by atoms with E-state index in [0.717, 1.165) is 23.3 Å². The molecule has 1 aromatic carbocycles. The van der Waals surface area contributed by atoms with Gasteiger partial charge >= 0.3 is 0 Å². The topological polar surface area (TPSA) is 38.3 Å². The highest BCUT2D eigenvalue weighted by Gasteiger charge is 2.16. The lowest BCUT2D eigenvalue weighted by Gasteiger charge is -2.11. The lowest BCUT2D eigenvalue weighted by molar-refractivity contribution is -0.119. The van der Waals surface area contributed by atoms with E-state index in [2.05, 4.69) is 5.32 Å². The number of hydrogen-bond acceptors (Lipinski definition) is 3. The average Bonchev–Trinajstić information content (AvgIpc) is 2.91. The van der Waals surface area contributed by atoms with Crippen LogP contribution in [0.5, 0.6) is 0 Å². The Morgan fingerprint density at radius 1 is 1.32 bits per heavy atom. The average molecular weight is 279 g/mol. The molecule has 0 saturated heterocycles. The van der Waals surface area contributed by atoms with Crippen molar-refractivity contribution in [2.24, 2.45) is 0 Å². The monoisotopic (exact) mass is 279 g/mol. The molecule has 1 aliphatic carbocycles. The van der Waals surface area contributed by atoms with Crippen molar-refractivity contribution in [3.05, 3.63) is 29.8 Å². The lowest BCUT2D eigenvalue weighted by atomic mass is 10.2. The Labute approximate surface area is 119 Å². The summed E-state index contributed by atoms with van der Waals surface area (Å²) in [5.41, 5.74) is 1.15. The molecule has 0 unspecified atom stereocenters. The quantitative estimate of drug-likeness (QED) is 0.814. The van der Waals surface area contributed by atoms with Crippen LogP contribution in [0.2, 0.25) is 0 Å². The van der Waals surface area contributed by atoms with E-state index < -0.39 is 0 Å². The Balaban J connectivity index is 1.73. The smallest absolute Gasteiger partial charge is 0.230 e. The second kappa shape index (κ2) is 7.56. The molecule has 0 heterocycles. The molecule has 1 fully saturated rings. The number of nitrogens with one attached hydrogen (secondary N) is 1. The Morgan fingerprint density at radius 3 is 2.63 bits per heavy atom. The minimum absolute atomic E-state index is 0.151. The van der Waals surface area contributed by atoms with Gasteiger partial charge in [0.1, 0.15) is 0 Å². The zero-order valence-corrected chi connectivity index (χ0v) is 12.2. The fourth-order valence-corrected chi connectivity index (χ4v) is 3.05. The molecular weight excluding hydrogens is 258 g/mol. The van der Waals surface area contributed by atoms with Crippen LogP contribution in [0.4, 0.5) is 0 Å². The van der Waals surface area contributed by atoms with Crippen LogP contribution in [0, 0.1) is 0 Å². The maximum Gasteiger partial charge on any atom is 0.230 e. The van der Waals surface area contributed by atoms with Crippen LogP contribution in [0.15, 0.2) is 29.2 Å². The van der Waals surface area contributed by atoms with E-state index in [1.807, 2.05) is 24.3 Å². The number of rotatable bonds is 6.